The number of hydrogen-bond acceptors (Lipinski definition) is 5. The average molecular weight is 219 g/mol. The van der Waals surface area contributed by atoms with Gasteiger partial charge >= 0.3 is 0 Å². The molecule has 0 aliphatic rings. The zero-order valence-electron chi connectivity index (χ0n) is 8.91. The fraction of sp³-hybridized carbons (Fsp3) is 0.300. The standard InChI is InChI=1S/C10H13N5O/c1-15-13-10(12-14-15)8-4-2-7(3-5-8)9(11)6-16/h2-5,9,16H,6,11H2,1H3. The number of rotatable bonds is 3. The van der Waals surface area contributed by atoms with Gasteiger partial charge in [-0.2, -0.15) is 4.80 Å². The highest BCUT2D eigenvalue weighted by atomic mass is 16.3. The third-order valence-electron chi connectivity index (χ3n) is 2.30. The maximum atomic E-state index is 8.91. The Morgan fingerprint density at radius 1 is 1.38 bits per heavy atom. The van der Waals surface area contributed by atoms with Crippen molar-refractivity contribution in [1.29, 1.82) is 0 Å². The van der Waals surface area contributed by atoms with Crippen LogP contribution in [-0.4, -0.2) is 31.9 Å². The maximum Gasteiger partial charge on any atom is 0.204 e. The molecule has 1 heterocycles. The maximum absolute atomic E-state index is 8.91. The van der Waals surface area contributed by atoms with Crippen molar-refractivity contribution in [3.8, 4) is 11.4 Å². The molecule has 1 atom stereocenters. The second-order valence-corrected chi connectivity index (χ2v) is 3.51. The van der Waals surface area contributed by atoms with Gasteiger partial charge < -0.3 is 10.8 Å². The van der Waals surface area contributed by atoms with Crippen molar-refractivity contribution in [2.75, 3.05) is 6.61 Å². The van der Waals surface area contributed by atoms with Gasteiger partial charge in [0.1, 0.15) is 0 Å². The predicted octanol–water partition coefficient (Wildman–Crippen LogP) is -0.131. The molecule has 1 unspecified atom stereocenters. The second-order valence-electron chi connectivity index (χ2n) is 3.51. The fourth-order valence-corrected chi connectivity index (χ4v) is 1.38. The molecule has 2 aromatic rings. The molecule has 1 aromatic heterocycles. The van der Waals surface area contributed by atoms with Crippen LogP contribution in [0.2, 0.25) is 0 Å². The molecule has 2 rings (SSSR count). The Hall–Kier alpha value is -1.79. The minimum Gasteiger partial charge on any atom is -0.394 e. The Labute approximate surface area is 92.7 Å². The van der Waals surface area contributed by atoms with E-state index in [0.29, 0.717) is 5.82 Å². The summed E-state index contributed by atoms with van der Waals surface area (Å²) in [7, 11) is 1.71. The third kappa shape index (κ3) is 2.07. The first kappa shape index (κ1) is 10.7. The summed E-state index contributed by atoms with van der Waals surface area (Å²) < 4.78 is 0. The normalized spacial score (nSPS) is 12.7. The van der Waals surface area contributed by atoms with Crippen molar-refractivity contribution in [2.24, 2.45) is 12.8 Å². The third-order valence-corrected chi connectivity index (χ3v) is 2.30. The number of aromatic nitrogens is 4. The van der Waals surface area contributed by atoms with E-state index in [2.05, 4.69) is 15.4 Å². The Morgan fingerprint density at radius 2 is 2.06 bits per heavy atom. The van der Waals surface area contributed by atoms with Crippen LogP contribution in [0.1, 0.15) is 11.6 Å². The van der Waals surface area contributed by atoms with Crippen molar-refractivity contribution in [3.05, 3.63) is 29.8 Å². The number of aryl methyl sites for hydroxylation is 1. The van der Waals surface area contributed by atoms with Crippen LogP contribution in [0.15, 0.2) is 24.3 Å². The predicted molar refractivity (Wildman–Crippen MR) is 58.2 cm³/mol. The summed E-state index contributed by atoms with van der Waals surface area (Å²) in [6.07, 6.45) is 0. The van der Waals surface area contributed by atoms with Gasteiger partial charge in [-0.25, -0.2) is 0 Å². The quantitative estimate of drug-likeness (QED) is 0.750. The van der Waals surface area contributed by atoms with Gasteiger partial charge in [0.15, 0.2) is 0 Å². The van der Waals surface area contributed by atoms with Gasteiger partial charge in [0, 0.05) is 5.56 Å². The van der Waals surface area contributed by atoms with Crippen molar-refractivity contribution in [2.45, 2.75) is 6.04 Å². The Bertz CT molecular complexity index is 464. The summed E-state index contributed by atoms with van der Waals surface area (Å²) in [5.41, 5.74) is 7.45. The summed E-state index contributed by atoms with van der Waals surface area (Å²) >= 11 is 0. The number of aliphatic hydroxyl groups is 1. The molecule has 0 aliphatic carbocycles. The van der Waals surface area contributed by atoms with Crippen molar-refractivity contribution in [1.82, 2.24) is 20.2 Å². The lowest BCUT2D eigenvalue weighted by Gasteiger charge is -2.07. The van der Waals surface area contributed by atoms with E-state index in [9.17, 15) is 0 Å². The molecule has 6 nitrogen and oxygen atoms in total. The van der Waals surface area contributed by atoms with Gasteiger partial charge in [-0.3, -0.25) is 0 Å². The van der Waals surface area contributed by atoms with Crippen LogP contribution in [-0.2, 0) is 7.05 Å². The van der Waals surface area contributed by atoms with Gasteiger partial charge in [-0.05, 0) is 10.8 Å². The molecule has 84 valence electrons. The molecule has 0 saturated heterocycles. The number of benzene rings is 1. The van der Waals surface area contributed by atoms with E-state index in [1.165, 1.54) is 4.80 Å². The minimum atomic E-state index is -0.344. The lowest BCUT2D eigenvalue weighted by molar-refractivity contribution is 0.268. The highest BCUT2D eigenvalue weighted by Crippen LogP contribution is 2.17. The van der Waals surface area contributed by atoms with E-state index >= 15 is 0 Å². The SMILES string of the molecule is Cn1nnc(-c2ccc(C(N)CO)cc2)n1. The van der Waals surface area contributed by atoms with Crippen LogP contribution in [0.5, 0.6) is 0 Å². The summed E-state index contributed by atoms with van der Waals surface area (Å²) in [4.78, 5) is 1.41. The average Bonchev–Trinajstić information content (AvgIpc) is 2.75. The summed E-state index contributed by atoms with van der Waals surface area (Å²) in [5.74, 6) is 0.576. The molecule has 0 aliphatic heterocycles. The van der Waals surface area contributed by atoms with Gasteiger partial charge in [-0.1, -0.05) is 24.3 Å². The van der Waals surface area contributed by atoms with Crippen molar-refractivity contribution >= 4 is 0 Å². The van der Waals surface area contributed by atoms with Crippen LogP contribution < -0.4 is 5.73 Å². The Balaban J connectivity index is 2.25. The first-order valence-electron chi connectivity index (χ1n) is 4.91. The first-order valence-corrected chi connectivity index (χ1v) is 4.91. The van der Waals surface area contributed by atoms with Crippen LogP contribution in [0.4, 0.5) is 0 Å². The molecule has 6 heteroatoms. The zero-order valence-corrected chi connectivity index (χ0v) is 8.91. The van der Waals surface area contributed by atoms with Crippen LogP contribution in [0.25, 0.3) is 11.4 Å². The molecule has 0 saturated carbocycles. The highest BCUT2D eigenvalue weighted by molar-refractivity contribution is 5.54. The zero-order chi connectivity index (χ0) is 11.5. The molecule has 0 spiro atoms. The number of hydrogen-bond donors (Lipinski definition) is 2. The lowest BCUT2D eigenvalue weighted by atomic mass is 10.1. The Morgan fingerprint density at radius 3 is 2.56 bits per heavy atom. The van der Waals surface area contributed by atoms with Gasteiger partial charge in [0.2, 0.25) is 5.82 Å². The van der Waals surface area contributed by atoms with Crippen LogP contribution >= 0.6 is 0 Å². The topological polar surface area (TPSA) is 89.9 Å². The number of nitrogens with two attached hydrogens (primary N) is 1. The van der Waals surface area contributed by atoms with Crippen LogP contribution in [0.3, 0.4) is 0 Å². The highest BCUT2D eigenvalue weighted by Gasteiger charge is 2.07. The number of aliphatic hydroxyl groups excluding tert-OH is 1. The largest absolute Gasteiger partial charge is 0.394 e. The van der Waals surface area contributed by atoms with E-state index in [0.717, 1.165) is 11.1 Å². The Kier molecular flexibility index (Phi) is 2.93. The fourth-order valence-electron chi connectivity index (χ4n) is 1.38. The molecule has 16 heavy (non-hydrogen) atoms. The van der Waals surface area contributed by atoms with E-state index in [-0.39, 0.29) is 12.6 Å². The number of nitrogens with zero attached hydrogens (tertiary/aromatic N) is 4. The van der Waals surface area contributed by atoms with Gasteiger partial charge in [-0.15, -0.1) is 10.2 Å². The molecule has 0 bridgehead atoms. The lowest BCUT2D eigenvalue weighted by Crippen LogP contribution is -2.14. The van der Waals surface area contributed by atoms with E-state index < -0.39 is 0 Å². The van der Waals surface area contributed by atoms with E-state index in [1.54, 1.807) is 7.05 Å². The van der Waals surface area contributed by atoms with Gasteiger partial charge in [0.05, 0.1) is 19.7 Å². The molecule has 0 radical (unpaired) electrons. The van der Waals surface area contributed by atoms with Crippen molar-refractivity contribution < 1.29 is 5.11 Å². The van der Waals surface area contributed by atoms with Gasteiger partial charge in [0.25, 0.3) is 0 Å². The molecular formula is C10H13N5O. The summed E-state index contributed by atoms with van der Waals surface area (Å²) in [6.45, 7) is -0.0667. The minimum absolute atomic E-state index is 0.0667. The molecule has 0 fully saturated rings. The monoisotopic (exact) mass is 219 g/mol. The summed E-state index contributed by atoms with van der Waals surface area (Å²) in [6, 6.07) is 7.09. The molecular weight excluding hydrogens is 206 g/mol. The molecule has 0 amide bonds. The number of tetrazole rings is 1. The molecule has 3 N–H and O–H groups in total. The second kappa shape index (κ2) is 4.38. The van der Waals surface area contributed by atoms with E-state index in [4.69, 9.17) is 10.8 Å². The van der Waals surface area contributed by atoms with Crippen LogP contribution in [0, 0.1) is 0 Å². The first-order chi connectivity index (χ1) is 7.70. The molecule has 1 aromatic carbocycles. The van der Waals surface area contributed by atoms with Crippen molar-refractivity contribution in [3.63, 3.8) is 0 Å². The smallest absolute Gasteiger partial charge is 0.204 e. The summed E-state index contributed by atoms with van der Waals surface area (Å²) in [5, 5.41) is 20.7. The van der Waals surface area contributed by atoms with E-state index in [1.807, 2.05) is 24.3 Å².